The Morgan fingerprint density at radius 2 is 1.83 bits per heavy atom. The predicted molar refractivity (Wildman–Crippen MR) is 56.3 cm³/mol. The molecule has 1 aliphatic rings. The van der Waals surface area contributed by atoms with Gasteiger partial charge in [0.15, 0.2) is 5.11 Å². The average Bonchev–Trinajstić information content (AvgIpc) is 2.15. The minimum absolute atomic E-state index is 0.540. The number of rotatable bonds is 1. The quantitative estimate of drug-likeness (QED) is 0.576. The highest BCUT2D eigenvalue weighted by Crippen LogP contribution is 2.10. The molecule has 0 aromatic heterocycles. The molecule has 3 heteroatoms. The maximum Gasteiger partial charge on any atom is 0.171 e. The summed E-state index contributed by atoms with van der Waals surface area (Å²) in [5.41, 5.74) is 0. The van der Waals surface area contributed by atoms with E-state index in [4.69, 9.17) is 12.2 Å². The third kappa shape index (κ3) is 2.09. The summed E-state index contributed by atoms with van der Waals surface area (Å²) in [5.74, 6) is 0. The van der Waals surface area contributed by atoms with E-state index < -0.39 is 0 Å². The molecular formula is C9H18N2S. The van der Waals surface area contributed by atoms with Gasteiger partial charge in [0.1, 0.15) is 0 Å². The van der Waals surface area contributed by atoms with Crippen LogP contribution < -0.4 is 0 Å². The van der Waals surface area contributed by atoms with Crippen molar-refractivity contribution < 1.29 is 0 Å². The molecule has 12 heavy (non-hydrogen) atoms. The van der Waals surface area contributed by atoms with Crippen LogP contribution in [0.2, 0.25) is 0 Å². The lowest BCUT2D eigenvalue weighted by Crippen LogP contribution is -2.43. The van der Waals surface area contributed by atoms with Crippen LogP contribution in [0, 0.1) is 0 Å². The van der Waals surface area contributed by atoms with Crippen LogP contribution in [0.5, 0.6) is 0 Å². The Labute approximate surface area is 80.5 Å². The third-order valence-corrected chi connectivity index (χ3v) is 2.88. The smallest absolute Gasteiger partial charge is 0.171 e. The van der Waals surface area contributed by atoms with Crippen LogP contribution in [0.1, 0.15) is 26.7 Å². The van der Waals surface area contributed by atoms with Gasteiger partial charge in [-0.2, -0.15) is 0 Å². The molecule has 0 saturated carbocycles. The number of thiocarbonyl (C=S) groups is 1. The Kier molecular flexibility index (Phi) is 3.32. The minimum Gasteiger partial charge on any atom is -0.352 e. The van der Waals surface area contributed by atoms with Crippen molar-refractivity contribution in [1.82, 2.24) is 9.80 Å². The van der Waals surface area contributed by atoms with Crippen molar-refractivity contribution in [3.63, 3.8) is 0 Å². The Morgan fingerprint density at radius 3 is 2.42 bits per heavy atom. The summed E-state index contributed by atoms with van der Waals surface area (Å²) in [6.45, 7) is 6.64. The number of hydrogen-bond acceptors (Lipinski definition) is 1. The van der Waals surface area contributed by atoms with Crippen molar-refractivity contribution >= 4 is 17.3 Å². The molecule has 0 aliphatic carbocycles. The van der Waals surface area contributed by atoms with Crippen molar-refractivity contribution in [2.45, 2.75) is 32.7 Å². The number of hydrogen-bond donors (Lipinski definition) is 0. The Morgan fingerprint density at radius 1 is 1.25 bits per heavy atom. The maximum absolute atomic E-state index is 5.36. The summed E-state index contributed by atoms with van der Waals surface area (Å²) in [6.07, 6.45) is 2.53. The molecule has 0 unspecified atom stereocenters. The fourth-order valence-corrected chi connectivity index (χ4v) is 1.91. The van der Waals surface area contributed by atoms with Crippen LogP contribution in [0.25, 0.3) is 0 Å². The second-order valence-corrected chi connectivity index (χ2v) is 4.06. The predicted octanol–water partition coefficient (Wildman–Crippen LogP) is 1.71. The molecule has 1 fully saturated rings. The summed E-state index contributed by atoms with van der Waals surface area (Å²) < 4.78 is 0. The maximum atomic E-state index is 5.36. The van der Waals surface area contributed by atoms with Crippen LogP contribution in [0.3, 0.4) is 0 Å². The highest BCUT2D eigenvalue weighted by Gasteiger charge is 2.18. The lowest BCUT2D eigenvalue weighted by Gasteiger charge is -2.31. The van der Waals surface area contributed by atoms with E-state index >= 15 is 0 Å². The third-order valence-electron chi connectivity index (χ3n) is 2.34. The molecule has 0 bridgehead atoms. The fraction of sp³-hybridized carbons (Fsp3) is 0.889. The molecule has 1 heterocycles. The Bertz CT molecular complexity index is 168. The van der Waals surface area contributed by atoms with E-state index in [-0.39, 0.29) is 0 Å². The van der Waals surface area contributed by atoms with Crippen LogP contribution in [0.4, 0.5) is 0 Å². The first kappa shape index (κ1) is 9.78. The van der Waals surface area contributed by atoms with Crippen molar-refractivity contribution in [3.8, 4) is 0 Å². The van der Waals surface area contributed by atoms with E-state index in [1.165, 1.54) is 12.8 Å². The van der Waals surface area contributed by atoms with Gasteiger partial charge in [-0.25, -0.2) is 0 Å². The zero-order valence-electron chi connectivity index (χ0n) is 8.21. The molecule has 0 radical (unpaired) electrons. The Balaban J connectivity index is 2.64. The first-order valence-corrected chi connectivity index (χ1v) is 5.05. The molecule has 0 aromatic carbocycles. The van der Waals surface area contributed by atoms with Crippen molar-refractivity contribution in [2.24, 2.45) is 0 Å². The summed E-state index contributed by atoms with van der Waals surface area (Å²) in [5, 5.41) is 1.02. The van der Waals surface area contributed by atoms with Gasteiger partial charge in [-0.1, -0.05) is 0 Å². The molecule has 2 nitrogen and oxygen atoms in total. The molecule has 0 N–H and O–H groups in total. The van der Waals surface area contributed by atoms with Gasteiger partial charge < -0.3 is 9.80 Å². The molecule has 70 valence electrons. The molecule has 1 aliphatic heterocycles. The minimum atomic E-state index is 0.540. The van der Waals surface area contributed by atoms with Crippen molar-refractivity contribution in [1.29, 1.82) is 0 Å². The molecule has 1 saturated heterocycles. The van der Waals surface area contributed by atoms with E-state index in [2.05, 4.69) is 30.7 Å². The van der Waals surface area contributed by atoms with Gasteiger partial charge in [-0.05, 0) is 38.9 Å². The lowest BCUT2D eigenvalue weighted by atomic mass is 10.3. The normalized spacial score (nSPS) is 20.2. The molecule has 0 atom stereocenters. The van der Waals surface area contributed by atoms with Crippen LogP contribution in [0.15, 0.2) is 0 Å². The molecule has 0 amide bonds. The average molecular weight is 186 g/mol. The van der Waals surface area contributed by atoms with Gasteiger partial charge in [0.05, 0.1) is 0 Å². The zero-order valence-corrected chi connectivity index (χ0v) is 9.02. The Hall–Kier alpha value is -0.310. The lowest BCUT2D eigenvalue weighted by molar-refractivity contribution is 0.333. The van der Waals surface area contributed by atoms with Crippen molar-refractivity contribution in [3.05, 3.63) is 0 Å². The first-order valence-electron chi connectivity index (χ1n) is 4.64. The summed E-state index contributed by atoms with van der Waals surface area (Å²) >= 11 is 5.36. The summed E-state index contributed by atoms with van der Waals surface area (Å²) in [6, 6.07) is 0.540. The SMILES string of the molecule is CC(C)N1CCCCN(C)C1=S. The highest BCUT2D eigenvalue weighted by molar-refractivity contribution is 7.80. The molecule has 0 spiro atoms. The molecule has 1 rings (SSSR count). The van der Waals surface area contributed by atoms with Gasteiger partial charge in [0.25, 0.3) is 0 Å². The molecular weight excluding hydrogens is 168 g/mol. The topological polar surface area (TPSA) is 6.48 Å². The van der Waals surface area contributed by atoms with Gasteiger partial charge in [-0.3, -0.25) is 0 Å². The van der Waals surface area contributed by atoms with Gasteiger partial charge in [0, 0.05) is 26.2 Å². The first-order chi connectivity index (χ1) is 5.63. The van der Waals surface area contributed by atoms with Gasteiger partial charge in [0.2, 0.25) is 0 Å². The largest absolute Gasteiger partial charge is 0.352 e. The van der Waals surface area contributed by atoms with Crippen LogP contribution in [-0.4, -0.2) is 41.1 Å². The van der Waals surface area contributed by atoms with Crippen LogP contribution >= 0.6 is 12.2 Å². The summed E-state index contributed by atoms with van der Waals surface area (Å²) in [4.78, 5) is 4.49. The van der Waals surface area contributed by atoms with Crippen LogP contribution in [-0.2, 0) is 0 Å². The van der Waals surface area contributed by atoms with Crippen molar-refractivity contribution in [2.75, 3.05) is 20.1 Å². The zero-order chi connectivity index (χ0) is 9.14. The highest BCUT2D eigenvalue weighted by atomic mass is 32.1. The second-order valence-electron chi connectivity index (χ2n) is 3.70. The van der Waals surface area contributed by atoms with E-state index in [0.29, 0.717) is 6.04 Å². The number of nitrogens with zero attached hydrogens (tertiary/aromatic N) is 2. The fourth-order valence-electron chi connectivity index (χ4n) is 1.52. The molecule has 0 aromatic rings. The monoisotopic (exact) mass is 186 g/mol. The van der Waals surface area contributed by atoms with E-state index in [0.717, 1.165) is 18.2 Å². The standard InChI is InChI=1S/C9H18N2S/c1-8(2)11-7-5-4-6-10(3)9(11)12/h8H,4-7H2,1-3H3. The van der Waals surface area contributed by atoms with E-state index in [1.807, 2.05) is 0 Å². The van der Waals surface area contributed by atoms with Gasteiger partial charge >= 0.3 is 0 Å². The van der Waals surface area contributed by atoms with E-state index in [9.17, 15) is 0 Å². The summed E-state index contributed by atoms with van der Waals surface area (Å²) in [7, 11) is 2.09. The van der Waals surface area contributed by atoms with Gasteiger partial charge in [-0.15, -0.1) is 0 Å². The second kappa shape index (κ2) is 4.08. The van der Waals surface area contributed by atoms with E-state index in [1.54, 1.807) is 0 Å².